The Labute approximate surface area is 273 Å². The molecule has 252 valence electrons. The minimum absolute atomic E-state index is 0.0584. The fraction of sp³-hybridized carbons (Fsp3) is 0.865. The highest BCUT2D eigenvalue weighted by Crippen LogP contribution is 2.40. The van der Waals surface area contributed by atoms with Gasteiger partial charge in [-0.2, -0.15) is 0 Å². The van der Waals surface area contributed by atoms with E-state index < -0.39 is 0 Å². The zero-order chi connectivity index (χ0) is 31.3. The third kappa shape index (κ3) is 7.73. The van der Waals surface area contributed by atoms with Gasteiger partial charge in [-0.15, -0.1) is 0 Å². The van der Waals surface area contributed by atoms with Crippen LogP contribution in [0.4, 0.5) is 0 Å². The molecular weight excluding hydrogens is 560 g/mol. The Morgan fingerprint density at radius 3 is 2.40 bits per heavy atom. The first-order valence-corrected chi connectivity index (χ1v) is 19.3. The Bertz CT molecular complexity index is 1130. The first kappa shape index (κ1) is 32.8. The van der Waals surface area contributed by atoms with Gasteiger partial charge in [0.2, 0.25) is 0 Å². The van der Waals surface area contributed by atoms with Crippen LogP contribution in [-0.2, 0) is 9.53 Å². The van der Waals surface area contributed by atoms with Crippen LogP contribution in [0, 0.1) is 0 Å². The second-order valence-corrected chi connectivity index (χ2v) is 15.5. The summed E-state index contributed by atoms with van der Waals surface area (Å²) in [6.07, 6.45) is 25.0. The van der Waals surface area contributed by atoms with Crippen LogP contribution in [0.1, 0.15) is 156 Å². The van der Waals surface area contributed by atoms with Crippen molar-refractivity contribution in [3.8, 4) is 0 Å². The molecule has 6 heterocycles. The van der Waals surface area contributed by atoms with E-state index in [-0.39, 0.29) is 18.1 Å². The van der Waals surface area contributed by atoms with Crippen LogP contribution in [0.3, 0.4) is 0 Å². The molecule has 0 radical (unpaired) electrons. The summed E-state index contributed by atoms with van der Waals surface area (Å²) in [4.78, 5) is 20.9. The molecule has 0 aromatic heterocycles. The van der Waals surface area contributed by atoms with Crippen molar-refractivity contribution >= 4 is 17.9 Å². The minimum Gasteiger partial charge on any atom is -0.459 e. The molecule has 6 aliphatic rings. The van der Waals surface area contributed by atoms with Crippen molar-refractivity contribution in [1.82, 2.24) is 15.5 Å². The zero-order valence-electron chi connectivity index (χ0n) is 29.0. The Kier molecular flexibility index (Phi) is 11.1. The van der Waals surface area contributed by atoms with Crippen LogP contribution in [-0.4, -0.2) is 75.8 Å². The number of aliphatic imine (C=N–C) groups is 1. The normalized spacial score (nSPS) is 32.5. The molecule has 0 bridgehead atoms. The van der Waals surface area contributed by atoms with Gasteiger partial charge in [-0.05, 0) is 85.0 Å². The quantitative estimate of drug-likeness (QED) is 0.121. The van der Waals surface area contributed by atoms with E-state index in [1.54, 1.807) is 0 Å². The van der Waals surface area contributed by atoms with Crippen molar-refractivity contribution in [3.05, 3.63) is 11.3 Å². The molecule has 0 aliphatic carbocycles. The van der Waals surface area contributed by atoms with E-state index in [4.69, 9.17) is 9.73 Å². The van der Waals surface area contributed by atoms with E-state index >= 15 is 0 Å². The summed E-state index contributed by atoms with van der Waals surface area (Å²) in [5.41, 5.74) is 1.98. The van der Waals surface area contributed by atoms with Crippen LogP contribution < -0.4 is 16.0 Å². The van der Waals surface area contributed by atoms with Crippen LogP contribution in [0.15, 0.2) is 16.3 Å². The highest BCUT2D eigenvalue weighted by atomic mass is 16.5. The van der Waals surface area contributed by atoms with Crippen LogP contribution in [0.2, 0.25) is 0 Å². The maximum atomic E-state index is 13.5. The molecular formula is C37H64N6O2+2. The van der Waals surface area contributed by atoms with Gasteiger partial charge < -0.3 is 15.0 Å². The van der Waals surface area contributed by atoms with E-state index in [0.717, 1.165) is 55.7 Å². The lowest BCUT2D eigenvalue weighted by Gasteiger charge is -2.42. The second kappa shape index (κ2) is 15.2. The number of carbonyl (C=O) groups is 1. The van der Waals surface area contributed by atoms with E-state index in [9.17, 15) is 4.79 Å². The average Bonchev–Trinajstić information content (AvgIpc) is 3.61. The third-order valence-corrected chi connectivity index (χ3v) is 11.8. The van der Waals surface area contributed by atoms with E-state index in [1.807, 2.05) is 0 Å². The first-order valence-electron chi connectivity index (χ1n) is 19.3. The molecule has 6 aliphatic heterocycles. The lowest BCUT2D eigenvalue weighted by atomic mass is 9.96. The number of nitrogens with two attached hydrogens (primary N) is 1. The van der Waals surface area contributed by atoms with E-state index in [0.29, 0.717) is 24.2 Å². The molecule has 45 heavy (non-hydrogen) atoms. The number of esters is 1. The zero-order valence-corrected chi connectivity index (χ0v) is 29.0. The number of unbranched alkanes of at least 4 members (excludes halogenated alkanes) is 8. The summed E-state index contributed by atoms with van der Waals surface area (Å²) >= 11 is 0. The van der Waals surface area contributed by atoms with Gasteiger partial charge in [-0.25, -0.2) is 25.0 Å². The van der Waals surface area contributed by atoms with Crippen LogP contribution in [0.25, 0.3) is 0 Å². The molecule has 1 unspecified atom stereocenters. The average molecular weight is 625 g/mol. The molecule has 0 saturated carbocycles. The van der Waals surface area contributed by atoms with Gasteiger partial charge in [-0.3, -0.25) is 0 Å². The predicted molar refractivity (Wildman–Crippen MR) is 181 cm³/mol. The third-order valence-electron chi connectivity index (χ3n) is 11.8. The number of hydrogen-bond donors (Lipinski definition) is 3. The maximum Gasteiger partial charge on any atom is 0.441 e. The largest absolute Gasteiger partial charge is 0.459 e. The first-order chi connectivity index (χ1) is 21.9. The highest BCUT2D eigenvalue weighted by Gasteiger charge is 2.48. The van der Waals surface area contributed by atoms with Gasteiger partial charge in [0.15, 0.2) is 5.96 Å². The van der Waals surface area contributed by atoms with Crippen molar-refractivity contribution in [1.29, 1.82) is 0 Å². The molecule has 8 atom stereocenters. The monoisotopic (exact) mass is 625 g/mol. The number of quaternary nitrogens is 1. The molecule has 0 aromatic rings. The summed E-state index contributed by atoms with van der Waals surface area (Å²) in [7, 11) is 0. The van der Waals surface area contributed by atoms with Gasteiger partial charge in [0, 0.05) is 30.6 Å². The van der Waals surface area contributed by atoms with Gasteiger partial charge in [-0.1, -0.05) is 58.3 Å². The Morgan fingerprint density at radius 1 is 0.933 bits per heavy atom. The number of nitrogens with zero attached hydrogens (tertiary/aromatic N) is 3. The lowest BCUT2D eigenvalue weighted by molar-refractivity contribution is -0.714. The number of nitrogens with one attached hydrogen (secondary N) is 2. The number of carbonyl (C=O) groups excluding carboxylic acids is 1. The molecule has 3 fully saturated rings. The summed E-state index contributed by atoms with van der Waals surface area (Å²) in [5.74, 6) is 2.30. The summed E-state index contributed by atoms with van der Waals surface area (Å²) in [5, 5.41) is 10.1. The smallest absolute Gasteiger partial charge is 0.441 e. The molecule has 0 amide bonds. The predicted octanol–water partition coefficient (Wildman–Crippen LogP) is 5.46. The van der Waals surface area contributed by atoms with Crippen molar-refractivity contribution in [2.24, 2.45) is 4.99 Å². The number of rotatable bonds is 16. The molecule has 3 saturated heterocycles. The molecule has 8 heteroatoms. The fourth-order valence-electron chi connectivity index (χ4n) is 9.50. The molecule has 8 nitrogen and oxygen atoms in total. The van der Waals surface area contributed by atoms with Gasteiger partial charge >= 0.3 is 11.9 Å². The number of allylic oxidation sites excluding steroid dienone is 1. The van der Waals surface area contributed by atoms with E-state index in [1.165, 1.54) is 108 Å². The van der Waals surface area contributed by atoms with Gasteiger partial charge in [0.1, 0.15) is 18.1 Å². The van der Waals surface area contributed by atoms with Crippen molar-refractivity contribution in [2.75, 3.05) is 0 Å². The number of ether oxygens (including phenoxy) is 1. The van der Waals surface area contributed by atoms with Gasteiger partial charge in [0.25, 0.3) is 0 Å². The minimum atomic E-state index is -0.147. The Morgan fingerprint density at radius 2 is 1.62 bits per heavy atom. The van der Waals surface area contributed by atoms with Gasteiger partial charge in [0.05, 0.1) is 23.8 Å². The van der Waals surface area contributed by atoms with Crippen molar-refractivity contribution in [2.45, 2.75) is 205 Å². The number of hydrogen-bond acceptors (Lipinski definition) is 6. The second-order valence-electron chi connectivity index (χ2n) is 15.5. The number of guanidine groups is 2. The van der Waals surface area contributed by atoms with Crippen LogP contribution >= 0.6 is 0 Å². The van der Waals surface area contributed by atoms with Crippen molar-refractivity contribution < 1.29 is 19.4 Å². The highest BCUT2D eigenvalue weighted by molar-refractivity contribution is 5.96. The Hall–Kier alpha value is -2.09. The lowest BCUT2D eigenvalue weighted by Crippen LogP contribution is -3.00. The van der Waals surface area contributed by atoms with E-state index in [2.05, 4.69) is 53.1 Å². The maximum absolute atomic E-state index is 13.5. The topological polar surface area (TPSA) is 85.6 Å². The summed E-state index contributed by atoms with van der Waals surface area (Å²) in [6.45, 7) is 8.80. The standard InChI is InChI=1S/C37H62N6O2/c1-5-6-7-8-9-10-13-16-29-24-32-20-21-33-34(27(4)39-37(41-29)43(32)33)35(44)45-26(3)15-12-11-14-17-28-23-31-19-18-30-22-25(2)38-36(40-28)42(30)31/h25-32H,5-24H2,1-4H3,(H2,38,39,40,41)/p+2/t25-,26+,27?,28+,29+,30+,31-,32-/m0/s1. The Balaban J connectivity index is 0.908. The fourth-order valence-corrected chi connectivity index (χ4v) is 9.50. The van der Waals surface area contributed by atoms with Crippen molar-refractivity contribution in [3.63, 3.8) is 0 Å². The molecule has 6 rings (SSSR count). The summed E-state index contributed by atoms with van der Waals surface area (Å²) in [6, 6.07) is 3.66. The molecule has 0 aromatic carbocycles. The summed E-state index contributed by atoms with van der Waals surface area (Å²) < 4.78 is 8.79. The SMILES string of the molecule is CCCCCCCCC[C@@H]1C[C@@H]2CCC3=C(C(=O)O[C@H](C)CCCCC[C@@H]4C[C@@H]5CC[C@@H]6C[C@H](C)[NH2+]C(=[N+]65)N4)C(C)N=C(N1)N32. The van der Waals surface area contributed by atoms with Crippen LogP contribution in [0.5, 0.6) is 0 Å². The molecule has 4 N–H and O–H groups in total. The molecule has 0 spiro atoms.